The van der Waals surface area contributed by atoms with Crippen LogP contribution >= 0.6 is 11.3 Å². The Morgan fingerprint density at radius 2 is 1.18 bits per heavy atom. The fourth-order valence-corrected chi connectivity index (χ4v) is 8.94. The van der Waals surface area contributed by atoms with Crippen LogP contribution in [0.4, 0.5) is 17.2 Å². The second-order valence-electron chi connectivity index (χ2n) is 13.1. The Labute approximate surface area is 298 Å². The third kappa shape index (κ3) is 4.32. The molecule has 0 atom stereocenters. The lowest BCUT2D eigenvalue weighted by Gasteiger charge is -2.26. The summed E-state index contributed by atoms with van der Waals surface area (Å²) in [6.45, 7) is 0. The van der Waals surface area contributed by atoms with Crippen LogP contribution in [-0.4, -0.2) is 14.5 Å². The fourth-order valence-electron chi connectivity index (χ4n) is 7.78. The van der Waals surface area contributed by atoms with Gasteiger partial charge in [-0.15, -0.1) is 11.3 Å². The third-order valence-electron chi connectivity index (χ3n) is 10.1. The molecule has 0 radical (unpaired) electrons. The maximum atomic E-state index is 5.30. The van der Waals surface area contributed by atoms with Crippen molar-refractivity contribution in [3.8, 4) is 39.5 Å². The molecule has 0 spiro atoms. The smallest absolute Gasteiger partial charge is 0.160 e. The molecule has 4 heterocycles. The Kier molecular flexibility index (Phi) is 6.09. The summed E-state index contributed by atoms with van der Waals surface area (Å²) in [5.41, 5.74) is 10.9. The predicted octanol–water partition coefficient (Wildman–Crippen LogP) is 12.7. The van der Waals surface area contributed by atoms with Gasteiger partial charge in [-0.05, 0) is 59.3 Å². The topological polar surface area (TPSA) is 34.0 Å². The molecule has 1 aliphatic heterocycles. The minimum absolute atomic E-state index is 0.713. The summed E-state index contributed by atoms with van der Waals surface area (Å²) in [7, 11) is 0. The Bertz CT molecular complexity index is 2990. The van der Waals surface area contributed by atoms with Gasteiger partial charge in [-0.1, -0.05) is 121 Å². The number of hydrogen-bond acceptors (Lipinski definition) is 4. The summed E-state index contributed by atoms with van der Waals surface area (Å²) in [6, 6.07) is 60.8. The van der Waals surface area contributed by atoms with E-state index in [1.54, 1.807) is 11.3 Å². The summed E-state index contributed by atoms with van der Waals surface area (Å²) in [4.78, 5) is 13.0. The number of fused-ring (bicyclic) bond motifs is 11. The standard InChI is InChI=1S/C46H28N4S/c1-2-13-29(14-3-1)43-45-44(37-21-8-11-24-41(37)51-45)48-46(47-43)32-17-12-18-34(26-32)49-38-22-9-6-19-35(38)36-20-7-10-23-39(36)50-40-27-31-16-5-4-15-30(31)25-33(40)28-42(49)50/h1-28H. The lowest BCUT2D eigenvalue weighted by molar-refractivity contribution is 1.09. The Balaban J connectivity index is 1.18. The molecule has 51 heavy (non-hydrogen) atoms. The molecule has 5 heteroatoms. The van der Waals surface area contributed by atoms with Gasteiger partial charge in [0.15, 0.2) is 5.82 Å². The van der Waals surface area contributed by atoms with E-state index in [1.807, 2.05) is 0 Å². The van der Waals surface area contributed by atoms with Crippen molar-refractivity contribution in [3.05, 3.63) is 170 Å². The molecule has 0 fully saturated rings. The third-order valence-corrected chi connectivity index (χ3v) is 11.3. The van der Waals surface area contributed by atoms with Crippen LogP contribution < -0.4 is 4.90 Å². The van der Waals surface area contributed by atoms with Crippen LogP contribution in [0, 0.1) is 0 Å². The molecule has 0 saturated carbocycles. The largest absolute Gasteiger partial charge is 0.295 e. The minimum atomic E-state index is 0.713. The summed E-state index contributed by atoms with van der Waals surface area (Å²) in [6.07, 6.45) is 0. The van der Waals surface area contributed by atoms with Gasteiger partial charge in [-0.3, -0.25) is 9.47 Å². The highest BCUT2D eigenvalue weighted by molar-refractivity contribution is 7.26. The van der Waals surface area contributed by atoms with Crippen molar-refractivity contribution < 1.29 is 0 Å². The molecular formula is C46H28N4S. The van der Waals surface area contributed by atoms with E-state index in [9.17, 15) is 0 Å². The first kappa shape index (κ1) is 28.3. The van der Waals surface area contributed by atoms with E-state index in [1.165, 1.54) is 37.5 Å². The van der Waals surface area contributed by atoms with E-state index >= 15 is 0 Å². The molecule has 0 bridgehead atoms. The van der Waals surface area contributed by atoms with Gasteiger partial charge < -0.3 is 0 Å². The van der Waals surface area contributed by atoms with E-state index in [0.717, 1.165) is 55.3 Å². The second-order valence-corrected chi connectivity index (χ2v) is 14.1. The molecule has 0 saturated heterocycles. The zero-order chi connectivity index (χ0) is 33.5. The lowest BCUT2D eigenvalue weighted by Crippen LogP contribution is -2.13. The maximum Gasteiger partial charge on any atom is 0.160 e. The van der Waals surface area contributed by atoms with Crippen molar-refractivity contribution in [2.75, 3.05) is 4.90 Å². The zero-order valence-electron chi connectivity index (χ0n) is 27.4. The van der Waals surface area contributed by atoms with Gasteiger partial charge in [-0.25, -0.2) is 9.97 Å². The summed E-state index contributed by atoms with van der Waals surface area (Å²) in [5, 5.41) is 4.81. The molecule has 10 aromatic rings. The first-order chi connectivity index (χ1) is 25.3. The molecule has 0 aliphatic carbocycles. The van der Waals surface area contributed by atoms with E-state index in [0.29, 0.717) is 5.82 Å². The van der Waals surface area contributed by atoms with Crippen LogP contribution in [0.5, 0.6) is 0 Å². The van der Waals surface area contributed by atoms with Gasteiger partial charge in [0, 0.05) is 43.4 Å². The molecule has 4 nitrogen and oxygen atoms in total. The number of hydrogen-bond donors (Lipinski definition) is 0. The molecule has 238 valence electrons. The molecule has 0 N–H and O–H groups in total. The lowest BCUT2D eigenvalue weighted by atomic mass is 10.0. The highest BCUT2D eigenvalue weighted by Crippen LogP contribution is 2.49. The van der Waals surface area contributed by atoms with Crippen molar-refractivity contribution in [2.24, 2.45) is 0 Å². The monoisotopic (exact) mass is 668 g/mol. The maximum absolute atomic E-state index is 5.30. The Hall–Kier alpha value is -6.56. The number of anilines is 3. The van der Waals surface area contributed by atoms with Crippen LogP contribution in [0.1, 0.15) is 0 Å². The van der Waals surface area contributed by atoms with E-state index in [-0.39, 0.29) is 0 Å². The number of nitrogens with zero attached hydrogens (tertiary/aromatic N) is 4. The minimum Gasteiger partial charge on any atom is -0.295 e. The Morgan fingerprint density at radius 1 is 0.490 bits per heavy atom. The van der Waals surface area contributed by atoms with E-state index in [4.69, 9.17) is 9.97 Å². The first-order valence-corrected chi connectivity index (χ1v) is 18.0. The molecule has 3 aromatic heterocycles. The van der Waals surface area contributed by atoms with Gasteiger partial charge in [0.05, 0.1) is 32.8 Å². The van der Waals surface area contributed by atoms with Gasteiger partial charge >= 0.3 is 0 Å². The van der Waals surface area contributed by atoms with E-state index in [2.05, 4.69) is 179 Å². The van der Waals surface area contributed by atoms with Crippen LogP contribution in [0.15, 0.2) is 170 Å². The number of thiophene rings is 1. The van der Waals surface area contributed by atoms with Crippen LogP contribution in [0.2, 0.25) is 0 Å². The first-order valence-electron chi connectivity index (χ1n) is 17.2. The SMILES string of the molecule is c1ccc(-c2nc(-c3cccc(N4c5ccccc5-c5ccccc5-n5c4cc4cc6ccccc6cc45)c3)nc3c2sc2ccccc23)cc1. The van der Waals surface area contributed by atoms with Crippen LogP contribution in [0.3, 0.4) is 0 Å². The zero-order valence-corrected chi connectivity index (χ0v) is 28.2. The van der Waals surface area contributed by atoms with Crippen molar-refractivity contribution >= 4 is 70.5 Å². The summed E-state index contributed by atoms with van der Waals surface area (Å²) < 4.78 is 4.75. The van der Waals surface area contributed by atoms with Gasteiger partial charge in [-0.2, -0.15) is 0 Å². The number of benzene rings is 7. The normalized spacial score (nSPS) is 12.3. The number of para-hydroxylation sites is 2. The molecule has 1 aliphatic rings. The van der Waals surface area contributed by atoms with Gasteiger partial charge in [0.25, 0.3) is 0 Å². The van der Waals surface area contributed by atoms with E-state index < -0.39 is 0 Å². The van der Waals surface area contributed by atoms with Crippen molar-refractivity contribution in [3.63, 3.8) is 0 Å². The predicted molar refractivity (Wildman–Crippen MR) is 214 cm³/mol. The van der Waals surface area contributed by atoms with Gasteiger partial charge in [0.1, 0.15) is 5.82 Å². The van der Waals surface area contributed by atoms with Crippen LogP contribution in [-0.2, 0) is 0 Å². The quantitative estimate of drug-likeness (QED) is 0.188. The highest BCUT2D eigenvalue weighted by atomic mass is 32.1. The average Bonchev–Trinajstić information content (AvgIpc) is 3.72. The number of rotatable bonds is 3. The van der Waals surface area contributed by atoms with Crippen molar-refractivity contribution in [1.29, 1.82) is 0 Å². The Morgan fingerprint density at radius 3 is 2.04 bits per heavy atom. The number of aromatic nitrogens is 3. The van der Waals surface area contributed by atoms with Gasteiger partial charge in [0.2, 0.25) is 0 Å². The second kappa shape index (κ2) is 11.0. The average molecular weight is 669 g/mol. The highest BCUT2D eigenvalue weighted by Gasteiger charge is 2.28. The summed E-state index contributed by atoms with van der Waals surface area (Å²) in [5.74, 6) is 1.80. The molecule has 7 aromatic carbocycles. The fraction of sp³-hybridized carbons (Fsp3) is 0. The molecule has 0 amide bonds. The van der Waals surface area contributed by atoms with Crippen LogP contribution in [0.25, 0.3) is 81.4 Å². The van der Waals surface area contributed by atoms with Crippen molar-refractivity contribution in [2.45, 2.75) is 0 Å². The summed E-state index contributed by atoms with van der Waals surface area (Å²) >= 11 is 1.76. The van der Waals surface area contributed by atoms with Crippen molar-refractivity contribution in [1.82, 2.24) is 14.5 Å². The molecule has 0 unspecified atom stereocenters. The molecule has 11 rings (SSSR count). The molecular weight excluding hydrogens is 641 g/mol.